The fraction of sp³-hybridized carbons (Fsp3) is 0.417. The standard InChI is InChI=1S/C24H33N5O2.HI/c1-3-26-24(27-16-19-8-10-20(11-9-19)23(30)25-2)28-17-21-6-4-5-7-22(21)18-29-12-14-31-15-13-29;/h4-11H,3,12-18H2,1-2H3,(H,25,30)(H2,26,27,28);1H. The van der Waals surface area contributed by atoms with E-state index in [0.717, 1.165) is 50.9 Å². The Morgan fingerprint density at radius 1 is 1.03 bits per heavy atom. The van der Waals surface area contributed by atoms with Gasteiger partial charge in [0.2, 0.25) is 0 Å². The second kappa shape index (κ2) is 14.1. The summed E-state index contributed by atoms with van der Waals surface area (Å²) in [5, 5.41) is 9.40. The lowest BCUT2D eigenvalue weighted by Crippen LogP contribution is -2.38. The van der Waals surface area contributed by atoms with Crippen LogP contribution in [0.1, 0.15) is 34.0 Å². The number of halogens is 1. The molecule has 0 aromatic heterocycles. The van der Waals surface area contributed by atoms with E-state index >= 15 is 0 Å². The summed E-state index contributed by atoms with van der Waals surface area (Å²) in [4.78, 5) is 18.8. The van der Waals surface area contributed by atoms with Crippen LogP contribution in [0.5, 0.6) is 0 Å². The van der Waals surface area contributed by atoms with Crippen LogP contribution in [-0.4, -0.2) is 56.7 Å². The molecule has 1 saturated heterocycles. The number of guanidine groups is 1. The van der Waals surface area contributed by atoms with Gasteiger partial charge in [-0.2, -0.15) is 0 Å². The van der Waals surface area contributed by atoms with Gasteiger partial charge >= 0.3 is 0 Å². The lowest BCUT2D eigenvalue weighted by atomic mass is 10.1. The van der Waals surface area contributed by atoms with Crippen LogP contribution in [0.25, 0.3) is 0 Å². The molecule has 0 spiro atoms. The van der Waals surface area contributed by atoms with Gasteiger partial charge in [0.15, 0.2) is 5.96 Å². The van der Waals surface area contributed by atoms with Gasteiger partial charge in [0.05, 0.1) is 19.8 Å². The van der Waals surface area contributed by atoms with Crippen LogP contribution >= 0.6 is 24.0 Å². The maximum Gasteiger partial charge on any atom is 0.251 e. The van der Waals surface area contributed by atoms with Crippen LogP contribution in [0.2, 0.25) is 0 Å². The van der Waals surface area contributed by atoms with Gasteiger partial charge in [0.25, 0.3) is 5.91 Å². The van der Waals surface area contributed by atoms with Crippen molar-refractivity contribution in [2.24, 2.45) is 4.99 Å². The second-order valence-electron chi connectivity index (χ2n) is 7.48. The van der Waals surface area contributed by atoms with Crippen LogP contribution in [0.3, 0.4) is 0 Å². The average Bonchev–Trinajstić information content (AvgIpc) is 2.82. The maximum absolute atomic E-state index is 11.7. The van der Waals surface area contributed by atoms with Crippen LogP contribution in [0, 0.1) is 0 Å². The molecule has 32 heavy (non-hydrogen) atoms. The van der Waals surface area contributed by atoms with Gasteiger partial charge in [-0.1, -0.05) is 36.4 Å². The molecule has 0 unspecified atom stereocenters. The quantitative estimate of drug-likeness (QED) is 0.267. The maximum atomic E-state index is 11.7. The van der Waals surface area contributed by atoms with Crippen molar-refractivity contribution in [3.05, 3.63) is 70.8 Å². The predicted octanol–water partition coefficient (Wildman–Crippen LogP) is 2.75. The molecule has 174 valence electrons. The molecule has 2 aromatic carbocycles. The molecule has 1 aliphatic heterocycles. The SMILES string of the molecule is CCNC(=NCc1ccc(C(=O)NC)cc1)NCc1ccccc1CN1CCOCC1.I. The first-order valence-corrected chi connectivity index (χ1v) is 10.9. The van der Waals surface area contributed by atoms with E-state index in [4.69, 9.17) is 9.73 Å². The third-order valence-corrected chi connectivity index (χ3v) is 5.27. The average molecular weight is 551 g/mol. The van der Waals surface area contributed by atoms with Crippen molar-refractivity contribution in [3.8, 4) is 0 Å². The van der Waals surface area contributed by atoms with E-state index in [-0.39, 0.29) is 29.9 Å². The molecule has 1 amide bonds. The van der Waals surface area contributed by atoms with Gasteiger partial charge < -0.3 is 20.7 Å². The highest BCUT2D eigenvalue weighted by Gasteiger charge is 2.13. The van der Waals surface area contributed by atoms with Gasteiger partial charge in [0, 0.05) is 45.3 Å². The summed E-state index contributed by atoms with van der Waals surface area (Å²) >= 11 is 0. The largest absolute Gasteiger partial charge is 0.379 e. The fourth-order valence-electron chi connectivity index (χ4n) is 3.48. The molecule has 2 aromatic rings. The number of nitrogens with one attached hydrogen (secondary N) is 3. The molecule has 0 atom stereocenters. The predicted molar refractivity (Wildman–Crippen MR) is 139 cm³/mol. The molecule has 0 saturated carbocycles. The van der Waals surface area contributed by atoms with Crippen LogP contribution in [0.4, 0.5) is 0 Å². The Kier molecular flexibility index (Phi) is 11.5. The molecule has 0 aliphatic carbocycles. The van der Waals surface area contributed by atoms with Crippen molar-refractivity contribution in [1.29, 1.82) is 0 Å². The number of rotatable bonds is 8. The van der Waals surface area contributed by atoms with E-state index in [1.165, 1.54) is 11.1 Å². The zero-order valence-corrected chi connectivity index (χ0v) is 21.2. The molecule has 3 rings (SSSR count). The van der Waals surface area contributed by atoms with Crippen molar-refractivity contribution >= 4 is 35.8 Å². The lowest BCUT2D eigenvalue weighted by Gasteiger charge is -2.27. The molecule has 3 N–H and O–H groups in total. The Bertz CT molecular complexity index is 867. The smallest absolute Gasteiger partial charge is 0.251 e. The summed E-state index contributed by atoms with van der Waals surface area (Å²) in [6, 6.07) is 16.1. The molecule has 8 heteroatoms. The highest BCUT2D eigenvalue weighted by atomic mass is 127. The topological polar surface area (TPSA) is 78.0 Å². The number of morpholine rings is 1. The van der Waals surface area contributed by atoms with E-state index in [9.17, 15) is 4.79 Å². The highest BCUT2D eigenvalue weighted by Crippen LogP contribution is 2.13. The minimum Gasteiger partial charge on any atom is -0.379 e. The normalized spacial score (nSPS) is 14.4. The van der Waals surface area contributed by atoms with Crippen LogP contribution < -0.4 is 16.0 Å². The Balaban J connectivity index is 0.00000363. The zero-order chi connectivity index (χ0) is 21.9. The Morgan fingerprint density at radius 2 is 1.72 bits per heavy atom. The zero-order valence-electron chi connectivity index (χ0n) is 18.9. The van der Waals surface area contributed by atoms with Crippen LogP contribution in [0.15, 0.2) is 53.5 Å². The first kappa shape index (κ1) is 26.1. The summed E-state index contributed by atoms with van der Waals surface area (Å²) in [5.74, 6) is 0.694. The fourth-order valence-corrected chi connectivity index (χ4v) is 3.48. The van der Waals surface area contributed by atoms with Gasteiger partial charge in [-0.25, -0.2) is 4.99 Å². The Labute approximate surface area is 208 Å². The van der Waals surface area contributed by atoms with E-state index in [1.807, 2.05) is 24.3 Å². The molecule has 1 aliphatic rings. The van der Waals surface area contributed by atoms with Gasteiger partial charge in [0.1, 0.15) is 0 Å². The van der Waals surface area contributed by atoms with E-state index in [2.05, 4.69) is 52.0 Å². The second-order valence-corrected chi connectivity index (χ2v) is 7.48. The van der Waals surface area contributed by atoms with E-state index in [0.29, 0.717) is 18.7 Å². The van der Waals surface area contributed by atoms with Crippen molar-refractivity contribution < 1.29 is 9.53 Å². The summed E-state index contributed by atoms with van der Waals surface area (Å²) in [6.45, 7) is 8.60. The molecule has 0 radical (unpaired) electrons. The molecular weight excluding hydrogens is 517 g/mol. The Hall–Kier alpha value is -2.17. The number of benzene rings is 2. The molecule has 0 bridgehead atoms. The van der Waals surface area contributed by atoms with Crippen molar-refractivity contribution in [3.63, 3.8) is 0 Å². The summed E-state index contributed by atoms with van der Waals surface area (Å²) in [7, 11) is 1.63. The number of hydrogen-bond acceptors (Lipinski definition) is 4. The minimum absolute atomic E-state index is 0. The number of aliphatic imine (C=N–C) groups is 1. The first-order chi connectivity index (χ1) is 15.2. The monoisotopic (exact) mass is 551 g/mol. The van der Waals surface area contributed by atoms with E-state index in [1.54, 1.807) is 7.05 Å². The van der Waals surface area contributed by atoms with Gasteiger partial charge in [-0.3, -0.25) is 9.69 Å². The number of carbonyl (C=O) groups excluding carboxylic acids is 1. The minimum atomic E-state index is -0.0826. The number of nitrogens with zero attached hydrogens (tertiary/aromatic N) is 2. The summed E-state index contributed by atoms with van der Waals surface area (Å²) < 4.78 is 5.46. The lowest BCUT2D eigenvalue weighted by molar-refractivity contribution is 0.0341. The summed E-state index contributed by atoms with van der Waals surface area (Å²) in [5.41, 5.74) is 4.31. The van der Waals surface area contributed by atoms with Crippen molar-refractivity contribution in [1.82, 2.24) is 20.9 Å². The number of hydrogen-bond donors (Lipinski definition) is 3. The third kappa shape index (κ3) is 8.07. The molecule has 1 heterocycles. The number of amides is 1. The highest BCUT2D eigenvalue weighted by molar-refractivity contribution is 14.0. The number of ether oxygens (including phenoxy) is 1. The van der Waals surface area contributed by atoms with Crippen molar-refractivity contribution in [2.75, 3.05) is 39.9 Å². The summed E-state index contributed by atoms with van der Waals surface area (Å²) in [6.07, 6.45) is 0. The van der Waals surface area contributed by atoms with Crippen molar-refractivity contribution in [2.45, 2.75) is 26.6 Å². The molecular formula is C24H34IN5O2. The third-order valence-electron chi connectivity index (χ3n) is 5.27. The number of carbonyl (C=O) groups is 1. The van der Waals surface area contributed by atoms with Gasteiger partial charge in [-0.15, -0.1) is 24.0 Å². The molecule has 1 fully saturated rings. The Morgan fingerprint density at radius 3 is 2.38 bits per heavy atom. The van der Waals surface area contributed by atoms with Crippen LogP contribution in [-0.2, 0) is 24.4 Å². The molecule has 7 nitrogen and oxygen atoms in total. The van der Waals surface area contributed by atoms with Gasteiger partial charge in [-0.05, 0) is 35.7 Å². The first-order valence-electron chi connectivity index (χ1n) is 10.9. The van der Waals surface area contributed by atoms with E-state index < -0.39 is 0 Å².